The molecule has 1 saturated carbocycles. The molecule has 0 amide bonds. The first-order valence-corrected chi connectivity index (χ1v) is 38.6. The third-order valence-corrected chi connectivity index (χ3v) is 58.5. The molecular weight excluding hydrogens is 925 g/mol. The van der Waals surface area contributed by atoms with Gasteiger partial charge in [0.05, 0.1) is 20.2 Å². The van der Waals surface area contributed by atoms with Crippen molar-refractivity contribution in [1.82, 2.24) is 0 Å². The van der Waals surface area contributed by atoms with Crippen LogP contribution in [0.2, 0.25) is 0 Å². The lowest BCUT2D eigenvalue weighted by molar-refractivity contribution is 0.0762. The second kappa shape index (κ2) is 25.2. The third kappa shape index (κ3) is 12.7. The molecule has 4 atom stereocenters. The van der Waals surface area contributed by atoms with Gasteiger partial charge in [-0.25, -0.2) is 0 Å². The maximum Gasteiger partial charge on any atom is 0.511 e. The molecule has 0 radical (unpaired) electrons. The molecule has 306 valence electrons. The molecule has 0 N–H and O–H groups in total. The van der Waals surface area contributed by atoms with Crippen molar-refractivity contribution in [1.29, 1.82) is 0 Å². The summed E-state index contributed by atoms with van der Waals surface area (Å²) in [4.78, 5) is 0. The van der Waals surface area contributed by atoms with Crippen LogP contribution < -0.4 is 0 Å². The number of thiol groups is 6. The van der Waals surface area contributed by atoms with Crippen molar-refractivity contribution in [2.45, 2.75) is 90.9 Å². The first-order chi connectivity index (χ1) is 23.7. The van der Waals surface area contributed by atoms with E-state index in [1.165, 1.54) is 29.5 Å². The van der Waals surface area contributed by atoms with Gasteiger partial charge in [0.1, 0.15) is 0 Å². The molecular formula is C26H64O9S12Si3. The predicted octanol–water partition coefficient (Wildman–Crippen LogP) is 10.4. The molecule has 50 heavy (non-hydrogen) atoms. The Morgan fingerprint density at radius 1 is 0.500 bits per heavy atom. The minimum atomic E-state index is -3.30. The van der Waals surface area contributed by atoms with Crippen LogP contribution in [0.25, 0.3) is 0 Å². The first-order valence-electron chi connectivity index (χ1n) is 17.0. The predicted molar refractivity (Wildman–Crippen MR) is 256 cm³/mol. The Balaban J connectivity index is 4.37. The summed E-state index contributed by atoms with van der Waals surface area (Å²) >= 11 is 32.6. The fraction of sp³-hybridized carbons (Fsp3) is 1.00. The standard InChI is InChI=1S/C26H64O9S12Si3/c1-10-27-48(28-11-2,29-12-3)22-45(39,42-36)25-20-19-21-26(25,46(40,43-37)23-49(30-13-4,31-14-5)32-15-6)47(41,44-38)24-50(33-16-7,34-17-8)35-18-9/h25,36-41H,10-24H2,1-9H3. The van der Waals surface area contributed by atoms with E-state index in [9.17, 15) is 0 Å². The second-order valence-corrected chi connectivity index (χ2v) is 46.1. The highest BCUT2D eigenvalue weighted by Gasteiger charge is 2.71. The van der Waals surface area contributed by atoms with E-state index in [-0.39, 0.29) is 5.25 Å². The average molecular weight is 990 g/mol. The van der Waals surface area contributed by atoms with Gasteiger partial charge in [-0.2, -0.15) is 0 Å². The maximum atomic E-state index is 6.53. The van der Waals surface area contributed by atoms with Gasteiger partial charge in [-0.05, 0) is 111 Å². The molecule has 24 heteroatoms. The van der Waals surface area contributed by atoms with E-state index in [0.29, 0.717) is 75.6 Å². The molecule has 0 heterocycles. The Morgan fingerprint density at radius 2 is 0.780 bits per heavy atom. The Hall–Kier alpha value is 4.49. The van der Waals surface area contributed by atoms with E-state index in [1.54, 1.807) is 0 Å². The van der Waals surface area contributed by atoms with E-state index in [0.717, 1.165) is 19.3 Å². The molecule has 1 fully saturated rings. The average Bonchev–Trinajstić information content (AvgIpc) is 3.54. The summed E-state index contributed by atoms with van der Waals surface area (Å²) in [6.07, 6.45) is 2.55. The SMILES string of the molecule is CCO[Si](CS(S)(SS)C1CCCC1(S(S)(C[Si](OCC)(OCC)OCC)SS)S(S)(C[Si](OCC)(OCC)OCC)SS)(OCC)OCC. The summed E-state index contributed by atoms with van der Waals surface area (Å²) in [6, 6.07) is 0. The van der Waals surface area contributed by atoms with Gasteiger partial charge in [-0.1, -0.05) is 0 Å². The van der Waals surface area contributed by atoms with Gasteiger partial charge in [0.2, 0.25) is 0 Å². The van der Waals surface area contributed by atoms with Gasteiger partial charge < -0.3 is 39.8 Å². The lowest BCUT2D eigenvalue weighted by Crippen LogP contribution is -2.58. The molecule has 0 spiro atoms. The molecule has 9 nitrogen and oxygen atoms in total. The summed E-state index contributed by atoms with van der Waals surface area (Å²) in [7, 11) is -11.9. The van der Waals surface area contributed by atoms with Crippen molar-refractivity contribution in [3.05, 3.63) is 0 Å². The lowest BCUT2D eigenvalue weighted by Gasteiger charge is -2.65. The van der Waals surface area contributed by atoms with Crippen molar-refractivity contribution in [3.8, 4) is 0 Å². The van der Waals surface area contributed by atoms with E-state index in [1.807, 2.05) is 62.3 Å². The molecule has 1 aliphatic carbocycles. The van der Waals surface area contributed by atoms with E-state index >= 15 is 0 Å². The van der Waals surface area contributed by atoms with Gasteiger partial charge in [0, 0.05) is 64.7 Å². The van der Waals surface area contributed by atoms with Gasteiger partial charge in [-0.3, -0.25) is 0 Å². The fourth-order valence-corrected chi connectivity index (χ4v) is 63.3. The molecule has 1 aliphatic rings. The van der Waals surface area contributed by atoms with Crippen molar-refractivity contribution in [2.24, 2.45) is 0 Å². The highest BCUT2D eigenvalue weighted by molar-refractivity contribution is 9.42. The fourth-order valence-electron chi connectivity index (χ4n) is 6.38. The van der Waals surface area contributed by atoms with E-state index in [2.05, 4.69) is 0 Å². The summed E-state index contributed by atoms with van der Waals surface area (Å²) in [5.41, 5.74) is 0. The summed E-state index contributed by atoms with van der Waals surface area (Å²) in [5, 5.41) is 1.33. The van der Waals surface area contributed by atoms with Gasteiger partial charge in [0.15, 0.2) is 0 Å². The molecule has 4 unspecified atom stereocenters. The molecule has 0 aliphatic heterocycles. The Labute approximate surface area is 352 Å². The lowest BCUT2D eigenvalue weighted by atomic mass is 10.3. The van der Waals surface area contributed by atoms with Crippen LogP contribution in [0, 0.1) is 0 Å². The largest absolute Gasteiger partial charge is 0.511 e. The highest BCUT2D eigenvalue weighted by atomic mass is 33.7. The van der Waals surface area contributed by atoms with Crippen LogP contribution in [0.1, 0.15) is 81.6 Å². The van der Waals surface area contributed by atoms with Crippen LogP contribution in [-0.2, 0) is 39.8 Å². The number of rotatable bonds is 30. The zero-order valence-electron chi connectivity index (χ0n) is 31.0. The summed E-state index contributed by atoms with van der Waals surface area (Å²) in [5.74, 6) is 0. The monoisotopic (exact) mass is 988 g/mol. The van der Waals surface area contributed by atoms with Crippen molar-refractivity contribution in [3.63, 3.8) is 0 Å². The molecule has 0 aromatic rings. The highest BCUT2D eigenvalue weighted by Crippen LogP contribution is 2.97. The molecule has 0 saturated heterocycles. The zero-order valence-corrected chi connectivity index (χ0v) is 44.3. The first kappa shape index (κ1) is 52.5. The molecule has 0 aromatic heterocycles. The minimum absolute atomic E-state index is 0.0680. The minimum Gasteiger partial charge on any atom is -0.373 e. The molecule has 0 aromatic carbocycles. The third-order valence-electron chi connectivity index (χ3n) is 7.79. The Kier molecular flexibility index (Phi) is 26.5. The van der Waals surface area contributed by atoms with Gasteiger partial charge >= 0.3 is 26.4 Å². The van der Waals surface area contributed by atoms with E-state index in [4.69, 9.17) is 110 Å². The molecule has 1 rings (SSSR count). The normalized spacial score (nSPS) is 24.7. The Morgan fingerprint density at radius 3 is 1.02 bits per heavy atom. The van der Waals surface area contributed by atoms with Crippen molar-refractivity contribution < 1.29 is 39.8 Å². The van der Waals surface area contributed by atoms with Crippen LogP contribution in [-0.4, -0.2) is 111 Å². The van der Waals surface area contributed by atoms with Gasteiger partial charge in [0.25, 0.3) is 0 Å². The maximum absolute atomic E-state index is 6.53. The van der Waals surface area contributed by atoms with Crippen LogP contribution >= 0.6 is 124 Å². The number of hydrogen-bond acceptors (Lipinski definition) is 18. The van der Waals surface area contributed by atoms with Crippen LogP contribution in [0.15, 0.2) is 0 Å². The van der Waals surface area contributed by atoms with Crippen molar-refractivity contribution in [2.75, 3.05) is 75.6 Å². The quantitative estimate of drug-likeness (QED) is 0.0236. The summed E-state index contributed by atoms with van der Waals surface area (Å²) in [6.45, 7) is 21.8. The topological polar surface area (TPSA) is 83.1 Å². The second-order valence-electron chi connectivity index (χ2n) is 10.8. The van der Waals surface area contributed by atoms with Crippen LogP contribution in [0.3, 0.4) is 0 Å². The Bertz CT molecular complexity index is 871. The van der Waals surface area contributed by atoms with Crippen molar-refractivity contribution >= 4 is 150 Å². The van der Waals surface area contributed by atoms with E-state index < -0.39 is 54.8 Å². The smallest absolute Gasteiger partial charge is 0.373 e. The molecule has 0 bridgehead atoms. The summed E-state index contributed by atoms with van der Waals surface area (Å²) < 4.78 is 57.9. The zero-order chi connectivity index (χ0) is 38.2. The number of hydrogen-bond donors (Lipinski definition) is 6. The van der Waals surface area contributed by atoms with Crippen LogP contribution in [0.5, 0.6) is 0 Å². The van der Waals surface area contributed by atoms with Gasteiger partial charge in [-0.15, -0.1) is 94.2 Å². The van der Waals surface area contributed by atoms with Crippen LogP contribution in [0.4, 0.5) is 0 Å².